The molecular weight excluding hydrogens is 374 g/mol. The molecule has 1 N–H and O–H groups in total. The maximum atomic E-state index is 12.8. The van der Waals surface area contributed by atoms with Crippen molar-refractivity contribution in [3.05, 3.63) is 66.0 Å². The lowest BCUT2D eigenvalue weighted by molar-refractivity contribution is -0.116. The van der Waals surface area contributed by atoms with Crippen molar-refractivity contribution >= 4 is 22.0 Å². The first-order valence-corrected chi connectivity index (χ1v) is 10.9. The lowest BCUT2D eigenvalue weighted by Crippen LogP contribution is -2.31. The summed E-state index contributed by atoms with van der Waals surface area (Å²) in [5.74, 6) is -0.217. The molecule has 1 aliphatic rings. The Morgan fingerprint density at radius 3 is 2.43 bits per heavy atom. The molecule has 0 atom stereocenters. The van der Waals surface area contributed by atoms with Crippen molar-refractivity contribution in [2.45, 2.75) is 37.1 Å². The van der Waals surface area contributed by atoms with Crippen molar-refractivity contribution < 1.29 is 13.2 Å². The number of carbonyl (C=O) groups is 1. The molecular formula is C21H25N3O3S. The Labute approximate surface area is 166 Å². The first-order chi connectivity index (χ1) is 13.6. The molecule has 1 saturated heterocycles. The second kappa shape index (κ2) is 9.61. The van der Waals surface area contributed by atoms with Gasteiger partial charge in [0.2, 0.25) is 15.9 Å². The molecule has 3 rings (SSSR count). The van der Waals surface area contributed by atoms with E-state index >= 15 is 0 Å². The predicted octanol–water partition coefficient (Wildman–Crippen LogP) is 2.98. The number of hydrogen-bond donors (Lipinski definition) is 1. The van der Waals surface area contributed by atoms with E-state index in [4.69, 9.17) is 0 Å². The van der Waals surface area contributed by atoms with E-state index in [2.05, 4.69) is 10.3 Å². The summed E-state index contributed by atoms with van der Waals surface area (Å²) in [5, 5.41) is 2.79. The number of sulfonamides is 1. The third-order valence-corrected chi connectivity index (χ3v) is 6.61. The molecule has 6 nitrogen and oxygen atoms in total. The van der Waals surface area contributed by atoms with Crippen LogP contribution in [0.1, 0.15) is 36.8 Å². The molecule has 28 heavy (non-hydrogen) atoms. The summed E-state index contributed by atoms with van der Waals surface area (Å²) >= 11 is 0. The Kier molecular flexibility index (Phi) is 6.95. The fourth-order valence-electron chi connectivity index (χ4n) is 3.10. The normalized spacial score (nSPS) is 16.0. The largest absolute Gasteiger partial charge is 0.348 e. The van der Waals surface area contributed by atoms with Gasteiger partial charge < -0.3 is 5.32 Å². The topological polar surface area (TPSA) is 79.4 Å². The van der Waals surface area contributed by atoms with Crippen LogP contribution in [0.4, 0.5) is 0 Å². The Hall–Kier alpha value is -2.51. The first kappa shape index (κ1) is 20.2. The zero-order valence-corrected chi connectivity index (χ0v) is 16.6. The summed E-state index contributed by atoms with van der Waals surface area (Å²) in [6.07, 6.45) is 10.5. The van der Waals surface area contributed by atoms with Gasteiger partial charge in [-0.2, -0.15) is 4.31 Å². The van der Waals surface area contributed by atoms with Gasteiger partial charge in [0.1, 0.15) is 0 Å². The van der Waals surface area contributed by atoms with Crippen LogP contribution in [-0.2, 0) is 21.4 Å². The minimum absolute atomic E-state index is 0.217. The van der Waals surface area contributed by atoms with Gasteiger partial charge in [0.25, 0.3) is 0 Å². The molecule has 1 aromatic carbocycles. The van der Waals surface area contributed by atoms with Gasteiger partial charge in [0.15, 0.2) is 0 Å². The minimum atomic E-state index is -3.45. The van der Waals surface area contributed by atoms with Crippen molar-refractivity contribution in [3.8, 4) is 0 Å². The van der Waals surface area contributed by atoms with Crippen LogP contribution in [0.2, 0.25) is 0 Å². The van der Waals surface area contributed by atoms with Crippen LogP contribution < -0.4 is 5.32 Å². The zero-order valence-electron chi connectivity index (χ0n) is 15.8. The van der Waals surface area contributed by atoms with Crippen LogP contribution in [-0.4, -0.2) is 36.7 Å². The molecule has 2 heterocycles. The number of benzene rings is 1. The zero-order chi connectivity index (χ0) is 19.8. The smallest absolute Gasteiger partial charge is 0.244 e. The summed E-state index contributed by atoms with van der Waals surface area (Å²) < 4.78 is 27.1. The van der Waals surface area contributed by atoms with Crippen LogP contribution in [0.15, 0.2) is 59.8 Å². The Morgan fingerprint density at radius 1 is 1.07 bits per heavy atom. The fourth-order valence-corrected chi connectivity index (χ4v) is 4.62. The maximum Gasteiger partial charge on any atom is 0.244 e. The summed E-state index contributed by atoms with van der Waals surface area (Å²) in [7, 11) is -3.45. The highest BCUT2D eigenvalue weighted by atomic mass is 32.2. The number of nitrogens with zero attached hydrogens (tertiary/aromatic N) is 2. The highest BCUT2D eigenvalue weighted by molar-refractivity contribution is 7.89. The van der Waals surface area contributed by atoms with E-state index in [-0.39, 0.29) is 5.91 Å². The first-order valence-electron chi connectivity index (χ1n) is 9.51. The molecule has 0 radical (unpaired) electrons. The summed E-state index contributed by atoms with van der Waals surface area (Å²) in [5.41, 5.74) is 1.69. The second-order valence-electron chi connectivity index (χ2n) is 6.80. The van der Waals surface area contributed by atoms with Crippen molar-refractivity contribution in [1.29, 1.82) is 0 Å². The molecule has 1 fully saturated rings. The van der Waals surface area contributed by atoms with Crippen LogP contribution in [0.25, 0.3) is 6.08 Å². The highest BCUT2D eigenvalue weighted by Crippen LogP contribution is 2.20. The average Bonchev–Trinajstić information content (AvgIpc) is 3.02. The number of aromatic nitrogens is 1. The summed E-state index contributed by atoms with van der Waals surface area (Å²) in [6, 6.07) is 10.4. The molecule has 0 saturated carbocycles. The van der Waals surface area contributed by atoms with Gasteiger partial charge in [-0.15, -0.1) is 0 Å². The summed E-state index contributed by atoms with van der Waals surface area (Å²) in [4.78, 5) is 16.2. The maximum absolute atomic E-state index is 12.8. The molecule has 2 aromatic rings. The minimum Gasteiger partial charge on any atom is -0.348 e. The molecule has 1 aliphatic heterocycles. The van der Waals surface area contributed by atoms with Gasteiger partial charge in [-0.25, -0.2) is 8.42 Å². The summed E-state index contributed by atoms with van der Waals surface area (Å²) in [6.45, 7) is 1.58. The number of amides is 1. The van der Waals surface area contributed by atoms with Crippen LogP contribution in [0.3, 0.4) is 0 Å². The fraction of sp³-hybridized carbons (Fsp3) is 0.333. The van der Waals surface area contributed by atoms with Crippen molar-refractivity contribution in [1.82, 2.24) is 14.6 Å². The quantitative estimate of drug-likeness (QED) is 0.758. The Bertz CT molecular complexity index is 902. The average molecular weight is 400 g/mol. The van der Waals surface area contributed by atoms with Gasteiger partial charge in [0, 0.05) is 38.1 Å². The van der Waals surface area contributed by atoms with Crippen molar-refractivity contribution in [2.75, 3.05) is 13.1 Å². The highest BCUT2D eigenvalue weighted by Gasteiger charge is 2.24. The molecule has 0 aliphatic carbocycles. The van der Waals surface area contributed by atoms with E-state index in [0.717, 1.165) is 36.8 Å². The third kappa shape index (κ3) is 5.50. The van der Waals surface area contributed by atoms with E-state index in [9.17, 15) is 13.2 Å². The number of hydrogen-bond acceptors (Lipinski definition) is 4. The Morgan fingerprint density at radius 2 is 1.79 bits per heavy atom. The van der Waals surface area contributed by atoms with Crippen LogP contribution in [0, 0.1) is 0 Å². The van der Waals surface area contributed by atoms with E-state index in [1.54, 1.807) is 47.0 Å². The monoisotopic (exact) mass is 399 g/mol. The molecule has 0 spiro atoms. The van der Waals surface area contributed by atoms with E-state index in [0.29, 0.717) is 24.5 Å². The SMILES string of the molecule is O=C(/C=C/c1ccc(S(=O)(=O)N2CCCCCC2)cc1)NCc1cccnc1. The Balaban J connectivity index is 1.59. The molecule has 0 unspecified atom stereocenters. The van der Waals surface area contributed by atoms with E-state index in [1.165, 1.54) is 6.08 Å². The van der Waals surface area contributed by atoms with Crippen LogP contribution in [0.5, 0.6) is 0 Å². The molecule has 7 heteroatoms. The second-order valence-corrected chi connectivity index (χ2v) is 8.74. The van der Waals surface area contributed by atoms with Gasteiger partial charge in [0.05, 0.1) is 4.90 Å². The van der Waals surface area contributed by atoms with Gasteiger partial charge >= 0.3 is 0 Å². The molecule has 1 amide bonds. The van der Waals surface area contributed by atoms with E-state index < -0.39 is 10.0 Å². The van der Waals surface area contributed by atoms with Gasteiger partial charge in [-0.1, -0.05) is 31.0 Å². The number of carbonyl (C=O) groups excluding carboxylic acids is 1. The number of nitrogens with one attached hydrogen (secondary N) is 1. The molecule has 0 bridgehead atoms. The molecule has 148 valence electrons. The third-order valence-electron chi connectivity index (χ3n) is 4.70. The standard InChI is InChI=1S/C21H25N3O3S/c25-21(23-17-19-6-5-13-22-16-19)12-9-18-7-10-20(11-8-18)28(26,27)24-14-3-1-2-4-15-24/h5-13,16H,1-4,14-15,17H2,(H,23,25)/b12-9+. The number of pyridine rings is 1. The number of rotatable bonds is 6. The van der Waals surface area contributed by atoms with Crippen LogP contribution >= 0.6 is 0 Å². The lowest BCUT2D eigenvalue weighted by Gasteiger charge is -2.19. The lowest BCUT2D eigenvalue weighted by atomic mass is 10.2. The molecule has 1 aromatic heterocycles. The van der Waals surface area contributed by atoms with Crippen molar-refractivity contribution in [3.63, 3.8) is 0 Å². The van der Waals surface area contributed by atoms with Gasteiger partial charge in [-0.05, 0) is 48.2 Å². The predicted molar refractivity (Wildman–Crippen MR) is 109 cm³/mol. The van der Waals surface area contributed by atoms with Gasteiger partial charge in [-0.3, -0.25) is 9.78 Å². The van der Waals surface area contributed by atoms with Crippen molar-refractivity contribution in [2.24, 2.45) is 0 Å². The van der Waals surface area contributed by atoms with E-state index in [1.807, 2.05) is 12.1 Å².